The third kappa shape index (κ3) is 31.7. The Morgan fingerprint density at radius 2 is 0.746 bits per heavy atom. The van der Waals surface area contributed by atoms with E-state index in [2.05, 4.69) is 47.9 Å². The van der Waals surface area contributed by atoms with Gasteiger partial charge < -0.3 is 15.3 Å². The second-order valence-electron chi connectivity index (χ2n) is 16.6. The Hall–Kier alpha value is -2.76. The largest absolute Gasteiger partial charge is 0.396 e. The second-order valence-corrected chi connectivity index (χ2v) is 16.6. The molecule has 0 fully saturated rings. The van der Waals surface area contributed by atoms with Crippen molar-refractivity contribution in [3.05, 3.63) is 24.3 Å². The van der Waals surface area contributed by atoms with Crippen molar-refractivity contribution in [1.29, 1.82) is 0 Å². The zero-order valence-corrected chi connectivity index (χ0v) is 37.6. The molecular formula is C48H86O11. The Morgan fingerprint density at radius 1 is 0.441 bits per heavy atom. The minimum atomic E-state index is -1.32. The Morgan fingerprint density at radius 3 is 1.12 bits per heavy atom. The average molecular weight is 839 g/mol. The lowest BCUT2D eigenvalue weighted by Crippen LogP contribution is -2.45. The molecule has 0 saturated heterocycles. The molecule has 0 aromatic carbocycles. The van der Waals surface area contributed by atoms with Crippen molar-refractivity contribution >= 4 is 23.9 Å². The van der Waals surface area contributed by atoms with Crippen molar-refractivity contribution in [2.24, 2.45) is 17.3 Å². The molecule has 0 bridgehead atoms. The number of unbranched alkanes of at least 4 members (excludes halogenated alkanes) is 22. The molecule has 0 aliphatic carbocycles. The fourth-order valence-corrected chi connectivity index (χ4v) is 7.08. The summed E-state index contributed by atoms with van der Waals surface area (Å²) in [5, 5.41) is 30.0. The molecule has 0 rings (SSSR count). The lowest BCUT2D eigenvalue weighted by molar-refractivity contribution is -0.265. The van der Waals surface area contributed by atoms with Gasteiger partial charge in [-0.15, -0.1) is 0 Å². The van der Waals surface area contributed by atoms with Crippen LogP contribution in [0.2, 0.25) is 0 Å². The third-order valence-electron chi connectivity index (χ3n) is 11.4. The maximum atomic E-state index is 13.1. The zero-order chi connectivity index (χ0) is 43.7. The molecule has 0 saturated carbocycles. The summed E-state index contributed by atoms with van der Waals surface area (Å²) in [6.07, 6.45) is 38.4. The highest BCUT2D eigenvalue weighted by Gasteiger charge is 2.43. The highest BCUT2D eigenvalue weighted by molar-refractivity contribution is 5.75. The molecule has 0 aromatic rings. The summed E-state index contributed by atoms with van der Waals surface area (Å²) in [6.45, 7) is 4.54. The molecule has 344 valence electrons. The van der Waals surface area contributed by atoms with Crippen molar-refractivity contribution in [3.63, 3.8) is 0 Å². The first-order valence-electron chi connectivity index (χ1n) is 23.6. The number of hydrogen-bond acceptors (Lipinski definition) is 11. The highest BCUT2D eigenvalue weighted by atomic mass is 17.2. The molecular weight excluding hydrogens is 753 g/mol. The van der Waals surface area contributed by atoms with Gasteiger partial charge in [0.25, 0.3) is 0 Å². The zero-order valence-electron chi connectivity index (χ0n) is 37.6. The minimum absolute atomic E-state index is 0.0750. The van der Waals surface area contributed by atoms with E-state index in [-0.39, 0.29) is 32.1 Å². The van der Waals surface area contributed by atoms with Crippen LogP contribution < -0.4 is 0 Å². The van der Waals surface area contributed by atoms with Gasteiger partial charge in [0, 0.05) is 5.41 Å². The van der Waals surface area contributed by atoms with E-state index in [0.29, 0.717) is 19.3 Å². The smallest absolute Gasteiger partial charge is 0.358 e. The Balaban J connectivity index is 4.28. The molecule has 0 aliphatic rings. The number of allylic oxidation sites excluding steroid dienone is 4. The van der Waals surface area contributed by atoms with Gasteiger partial charge in [-0.25, -0.2) is 38.7 Å². The van der Waals surface area contributed by atoms with Gasteiger partial charge >= 0.3 is 23.9 Å². The first-order valence-corrected chi connectivity index (χ1v) is 23.6. The van der Waals surface area contributed by atoms with Crippen molar-refractivity contribution in [2.75, 3.05) is 19.8 Å². The van der Waals surface area contributed by atoms with Crippen LogP contribution in [-0.2, 0) is 38.7 Å². The van der Waals surface area contributed by atoms with E-state index in [1.54, 1.807) is 6.92 Å². The number of aliphatic hydroxyl groups is 3. The van der Waals surface area contributed by atoms with E-state index in [1.807, 2.05) is 0 Å². The number of carbonyl (C=O) groups is 4. The van der Waals surface area contributed by atoms with Crippen LogP contribution in [0.15, 0.2) is 24.3 Å². The molecule has 11 nitrogen and oxygen atoms in total. The van der Waals surface area contributed by atoms with Crippen molar-refractivity contribution in [2.45, 2.75) is 220 Å². The van der Waals surface area contributed by atoms with Crippen molar-refractivity contribution < 1.29 is 54.0 Å². The highest BCUT2D eigenvalue weighted by Crippen LogP contribution is 2.36. The summed E-state index contributed by atoms with van der Waals surface area (Å²) in [5.74, 6) is -4.42. The molecule has 0 aliphatic heterocycles. The maximum Gasteiger partial charge on any atom is 0.358 e. The quantitative estimate of drug-likeness (QED) is 0.0233. The maximum absolute atomic E-state index is 13.1. The van der Waals surface area contributed by atoms with Gasteiger partial charge in [0.15, 0.2) is 0 Å². The van der Waals surface area contributed by atoms with Crippen LogP contribution in [0.3, 0.4) is 0 Å². The Kier molecular flexibility index (Phi) is 38.7. The van der Waals surface area contributed by atoms with Crippen LogP contribution in [0.4, 0.5) is 0 Å². The van der Waals surface area contributed by atoms with Crippen LogP contribution in [0, 0.1) is 17.3 Å². The van der Waals surface area contributed by atoms with Gasteiger partial charge in [-0.1, -0.05) is 148 Å². The molecule has 0 heterocycles. The Labute approximate surface area is 358 Å². The summed E-state index contributed by atoms with van der Waals surface area (Å²) in [6, 6.07) is 0. The molecule has 59 heavy (non-hydrogen) atoms. The molecule has 3 N–H and O–H groups in total. The standard InChI is InChI=1S/C48H86O11/c1-4-6-8-10-12-14-16-18-20-22-24-26-28-30-32-36-44(52)56-57-45(53)37-33-34-38-46(54)58-59-47(55)43(42(3)48(39-49,40-50)41-51)35-31-29-27-25-23-21-19-17-15-13-11-9-7-5-2/h18-21,42-43,49-51H,4-17,22-41H2,1-3H3/b20-18-,21-19-. The normalized spacial score (nSPS) is 12.8. The van der Waals surface area contributed by atoms with Crippen LogP contribution in [0.5, 0.6) is 0 Å². The summed E-state index contributed by atoms with van der Waals surface area (Å²) in [4.78, 5) is 68.4. The van der Waals surface area contributed by atoms with Crippen molar-refractivity contribution in [1.82, 2.24) is 0 Å². The second kappa shape index (κ2) is 40.6. The number of rotatable bonds is 40. The molecule has 0 amide bonds. The van der Waals surface area contributed by atoms with Crippen LogP contribution >= 0.6 is 0 Å². The van der Waals surface area contributed by atoms with E-state index < -0.39 is 60.9 Å². The van der Waals surface area contributed by atoms with Gasteiger partial charge in [0.2, 0.25) is 0 Å². The Bertz CT molecular complexity index is 1080. The SMILES string of the molecule is CCCCCCCC/C=C\CCCCCCCC(=O)OOC(=O)CCCCC(=O)OOC(=O)C(CCCCCC/C=C\CCCCCCCC)C(C)C(CO)(CO)CO. The van der Waals surface area contributed by atoms with Gasteiger partial charge in [0.05, 0.1) is 45.0 Å². The fraction of sp³-hybridized carbons (Fsp3) is 0.833. The molecule has 2 unspecified atom stereocenters. The van der Waals surface area contributed by atoms with Crippen molar-refractivity contribution in [3.8, 4) is 0 Å². The van der Waals surface area contributed by atoms with Crippen LogP contribution in [-0.4, -0.2) is 59.0 Å². The summed E-state index contributed by atoms with van der Waals surface area (Å²) in [5.41, 5.74) is -1.32. The lowest BCUT2D eigenvalue weighted by Gasteiger charge is -2.37. The first kappa shape index (κ1) is 56.2. The lowest BCUT2D eigenvalue weighted by atomic mass is 9.70. The molecule has 0 aromatic heterocycles. The first-order chi connectivity index (χ1) is 28.7. The average Bonchev–Trinajstić information content (AvgIpc) is 3.24. The molecule has 2 atom stereocenters. The topological polar surface area (TPSA) is 166 Å². The number of aliphatic hydroxyl groups excluding tert-OH is 3. The molecule has 0 spiro atoms. The van der Waals surface area contributed by atoms with Gasteiger partial charge in [-0.2, -0.15) is 0 Å². The fourth-order valence-electron chi connectivity index (χ4n) is 7.08. The summed E-state index contributed by atoms with van der Waals surface area (Å²) in [7, 11) is 0. The van der Waals surface area contributed by atoms with Gasteiger partial charge in [-0.3, -0.25) is 0 Å². The van der Waals surface area contributed by atoms with E-state index in [9.17, 15) is 34.5 Å². The molecule has 0 radical (unpaired) electrons. The van der Waals surface area contributed by atoms with Crippen LogP contribution in [0.25, 0.3) is 0 Å². The third-order valence-corrected chi connectivity index (χ3v) is 11.4. The predicted molar refractivity (Wildman–Crippen MR) is 233 cm³/mol. The minimum Gasteiger partial charge on any atom is -0.396 e. The van der Waals surface area contributed by atoms with E-state index >= 15 is 0 Å². The number of carbonyl (C=O) groups excluding carboxylic acids is 4. The van der Waals surface area contributed by atoms with E-state index in [0.717, 1.165) is 64.2 Å². The monoisotopic (exact) mass is 839 g/mol. The summed E-state index contributed by atoms with van der Waals surface area (Å²) < 4.78 is 0. The molecule has 11 heteroatoms. The summed E-state index contributed by atoms with van der Waals surface area (Å²) >= 11 is 0. The number of hydrogen-bond donors (Lipinski definition) is 3. The predicted octanol–water partition coefficient (Wildman–Crippen LogP) is 11.5. The van der Waals surface area contributed by atoms with Gasteiger partial charge in [0.1, 0.15) is 0 Å². The van der Waals surface area contributed by atoms with E-state index in [1.165, 1.54) is 83.5 Å². The van der Waals surface area contributed by atoms with Gasteiger partial charge in [-0.05, 0) is 83.0 Å². The van der Waals surface area contributed by atoms with E-state index in [4.69, 9.17) is 9.78 Å². The van der Waals surface area contributed by atoms with Crippen LogP contribution in [0.1, 0.15) is 220 Å².